The molecule has 1 saturated carbocycles. The molecule has 10 heteroatoms. The second-order valence-corrected chi connectivity index (χ2v) is 18.0. The van der Waals surface area contributed by atoms with Crippen molar-refractivity contribution in [1.29, 1.82) is 0 Å². The molecule has 1 aromatic carbocycles. The molecule has 1 aliphatic carbocycles. The Morgan fingerprint density at radius 2 is 1.81 bits per heavy atom. The minimum atomic E-state index is -1.14. The molecule has 2 heterocycles. The van der Waals surface area contributed by atoms with Crippen LogP contribution in [0.3, 0.4) is 0 Å². The summed E-state index contributed by atoms with van der Waals surface area (Å²) in [5, 5.41) is 10.6. The second kappa shape index (κ2) is 14.6. The van der Waals surface area contributed by atoms with E-state index in [4.69, 9.17) is 14.6 Å². The van der Waals surface area contributed by atoms with Crippen LogP contribution in [0.15, 0.2) is 48.8 Å². The highest BCUT2D eigenvalue weighted by Crippen LogP contribution is 2.30. The molecule has 3 aromatic rings. The van der Waals surface area contributed by atoms with E-state index in [1.54, 1.807) is 18.5 Å². The van der Waals surface area contributed by atoms with E-state index >= 15 is 0 Å². The predicted octanol–water partition coefficient (Wildman–Crippen LogP) is 6.69. The maximum atomic E-state index is 13.5. The highest BCUT2D eigenvalue weighted by Gasteiger charge is 2.31. The van der Waals surface area contributed by atoms with Crippen LogP contribution in [0.4, 0.5) is 10.5 Å². The maximum absolute atomic E-state index is 13.5. The van der Waals surface area contributed by atoms with E-state index < -0.39 is 20.2 Å². The van der Waals surface area contributed by atoms with Crippen molar-refractivity contribution in [2.45, 2.75) is 91.0 Å². The number of carbonyl (C=O) groups excluding carboxylic acids is 2. The van der Waals surface area contributed by atoms with E-state index in [1.807, 2.05) is 41.9 Å². The topological polar surface area (TPSA) is 107 Å². The van der Waals surface area contributed by atoms with Gasteiger partial charge >= 0.3 is 6.09 Å². The summed E-state index contributed by atoms with van der Waals surface area (Å²) < 4.78 is 13.2. The number of nitrogens with zero attached hydrogens (tertiary/aromatic N) is 3. The van der Waals surface area contributed by atoms with Gasteiger partial charge in [0.2, 0.25) is 5.91 Å². The van der Waals surface area contributed by atoms with Crippen LogP contribution in [0.5, 0.6) is 0 Å². The average Bonchev–Trinajstić information content (AvgIpc) is 3.26. The van der Waals surface area contributed by atoms with Gasteiger partial charge in [-0.3, -0.25) is 9.78 Å². The molecule has 0 bridgehead atoms. The fourth-order valence-electron chi connectivity index (χ4n) is 5.38. The molecule has 1 aliphatic rings. The summed E-state index contributed by atoms with van der Waals surface area (Å²) in [6.07, 6.45) is 7.75. The number of ether oxygens (including phenoxy) is 2. The van der Waals surface area contributed by atoms with E-state index in [-0.39, 0.29) is 18.4 Å². The lowest BCUT2D eigenvalue weighted by molar-refractivity contribution is -0.119. The molecular formula is C32H45N5O4Si. The highest BCUT2D eigenvalue weighted by atomic mass is 28.3. The van der Waals surface area contributed by atoms with Crippen molar-refractivity contribution in [2.75, 3.05) is 11.9 Å². The van der Waals surface area contributed by atoms with Gasteiger partial charge in [0.1, 0.15) is 19.4 Å². The average molecular weight is 592 g/mol. The lowest BCUT2D eigenvalue weighted by Crippen LogP contribution is -2.49. The quantitative estimate of drug-likeness (QED) is 0.180. The van der Waals surface area contributed by atoms with Gasteiger partial charge in [0, 0.05) is 49.6 Å². The van der Waals surface area contributed by atoms with Crippen molar-refractivity contribution in [3.05, 3.63) is 65.7 Å². The van der Waals surface area contributed by atoms with Crippen molar-refractivity contribution < 1.29 is 19.1 Å². The number of aryl methyl sites for hydroxylation is 1. The summed E-state index contributed by atoms with van der Waals surface area (Å²) in [5.41, 5.74) is 5.54. The molecule has 0 aliphatic heterocycles. The lowest BCUT2D eigenvalue weighted by Gasteiger charge is -2.29. The lowest BCUT2D eigenvalue weighted by atomic mass is 9.83. The van der Waals surface area contributed by atoms with Crippen molar-refractivity contribution in [3.63, 3.8) is 0 Å². The number of nitrogens with one attached hydrogen (secondary N) is 2. The summed E-state index contributed by atoms with van der Waals surface area (Å²) in [5.74, 6) is -0.170. The maximum Gasteiger partial charge on any atom is 0.408 e. The number of alkyl carbamates (subject to hydrolysis) is 1. The molecule has 0 saturated heterocycles. The largest absolute Gasteiger partial charge is 0.445 e. The van der Waals surface area contributed by atoms with Crippen LogP contribution >= 0.6 is 0 Å². The van der Waals surface area contributed by atoms with Crippen LogP contribution in [0.25, 0.3) is 11.1 Å². The SMILES string of the molecule is Cc1nn(COCC[Si](C)(C)C)c(C)c1-c1ccc(NC(=O)[C@@H](NC(=O)OCc2cccnc2)C2CCCCC2)cc1. The molecule has 9 nitrogen and oxygen atoms in total. The zero-order valence-corrected chi connectivity index (χ0v) is 26.6. The smallest absolute Gasteiger partial charge is 0.408 e. The number of rotatable bonds is 12. The molecular weight excluding hydrogens is 546 g/mol. The van der Waals surface area contributed by atoms with Crippen molar-refractivity contribution in [1.82, 2.24) is 20.1 Å². The molecule has 2 N–H and O–H groups in total. The normalized spacial score (nSPS) is 14.8. The van der Waals surface area contributed by atoms with Crippen LogP contribution in [0.1, 0.15) is 49.1 Å². The van der Waals surface area contributed by atoms with E-state index in [1.165, 1.54) is 0 Å². The minimum Gasteiger partial charge on any atom is -0.445 e. The fourth-order valence-corrected chi connectivity index (χ4v) is 6.13. The molecule has 0 spiro atoms. The third-order valence-corrected chi connectivity index (χ3v) is 9.51. The number of hydrogen-bond acceptors (Lipinski definition) is 6. The number of benzene rings is 1. The van der Waals surface area contributed by atoms with E-state index in [0.717, 1.165) is 72.8 Å². The molecule has 0 radical (unpaired) electrons. The third-order valence-electron chi connectivity index (χ3n) is 7.80. The standard InChI is InChI=1S/C32H45N5O4Si/c1-23-29(24(2)37(36-23)22-40-18-19-42(3,4)5)26-13-15-28(16-14-26)34-31(38)30(27-11-7-6-8-12-27)35-32(39)41-21-25-10-9-17-33-20-25/h9-10,13-17,20,27,30H,6-8,11-12,18-19,21-22H2,1-5H3,(H,34,38)(H,35,39)/t30-/m0/s1. The Balaban J connectivity index is 1.39. The van der Waals surface area contributed by atoms with Crippen molar-refractivity contribution in [3.8, 4) is 11.1 Å². The van der Waals surface area contributed by atoms with Crippen molar-refractivity contribution in [2.24, 2.45) is 5.92 Å². The minimum absolute atomic E-state index is 0.0630. The Morgan fingerprint density at radius 1 is 1.07 bits per heavy atom. The van der Waals surface area contributed by atoms with E-state index in [0.29, 0.717) is 12.4 Å². The van der Waals surface area contributed by atoms with Crippen LogP contribution < -0.4 is 10.6 Å². The summed E-state index contributed by atoms with van der Waals surface area (Å²) >= 11 is 0. The number of pyridine rings is 1. The zero-order valence-electron chi connectivity index (χ0n) is 25.6. The van der Waals surface area contributed by atoms with E-state index in [9.17, 15) is 9.59 Å². The molecule has 4 rings (SSSR count). The summed E-state index contributed by atoms with van der Waals surface area (Å²) in [7, 11) is -1.14. The molecule has 42 heavy (non-hydrogen) atoms. The summed E-state index contributed by atoms with van der Waals surface area (Å²) in [6, 6.07) is 11.9. The molecule has 226 valence electrons. The Labute approximate surface area is 250 Å². The fraction of sp³-hybridized carbons (Fsp3) is 0.500. The first-order valence-corrected chi connectivity index (χ1v) is 18.7. The van der Waals surface area contributed by atoms with Crippen LogP contribution in [0, 0.1) is 19.8 Å². The van der Waals surface area contributed by atoms with Crippen LogP contribution in [-0.2, 0) is 27.6 Å². The molecule has 0 unspecified atom stereocenters. The van der Waals surface area contributed by atoms with Gasteiger partial charge in [-0.15, -0.1) is 0 Å². The number of carbonyl (C=O) groups is 2. The first-order chi connectivity index (χ1) is 20.1. The van der Waals surface area contributed by atoms with Gasteiger partial charge in [-0.05, 0) is 62.4 Å². The number of anilines is 1. The second-order valence-electron chi connectivity index (χ2n) is 12.4. The Hall–Kier alpha value is -3.50. The van der Waals surface area contributed by atoms with Gasteiger partial charge in [-0.25, -0.2) is 9.48 Å². The first kappa shape index (κ1) is 31.4. The number of hydrogen-bond donors (Lipinski definition) is 2. The summed E-state index contributed by atoms with van der Waals surface area (Å²) in [6.45, 7) is 12.4. The predicted molar refractivity (Wildman–Crippen MR) is 168 cm³/mol. The van der Waals surface area contributed by atoms with Gasteiger partial charge in [0.25, 0.3) is 0 Å². The highest BCUT2D eigenvalue weighted by molar-refractivity contribution is 6.76. The molecule has 2 amide bonds. The first-order valence-electron chi connectivity index (χ1n) is 15.0. The van der Waals surface area contributed by atoms with E-state index in [2.05, 4.69) is 42.2 Å². The number of amides is 2. The number of aromatic nitrogens is 3. The summed E-state index contributed by atoms with van der Waals surface area (Å²) in [4.78, 5) is 30.2. The molecule has 2 aromatic heterocycles. The van der Waals surface area contributed by atoms with Gasteiger partial charge < -0.3 is 20.1 Å². The Bertz CT molecular complexity index is 1320. The Kier molecular flexibility index (Phi) is 10.9. The van der Waals surface area contributed by atoms with Crippen molar-refractivity contribution >= 4 is 25.8 Å². The van der Waals surface area contributed by atoms with Gasteiger partial charge in [-0.1, -0.05) is 57.1 Å². The van der Waals surface area contributed by atoms with Gasteiger partial charge in [0.15, 0.2) is 0 Å². The molecule has 1 fully saturated rings. The van der Waals surface area contributed by atoms with Gasteiger partial charge in [0.05, 0.1) is 5.69 Å². The zero-order chi connectivity index (χ0) is 30.1. The van der Waals surface area contributed by atoms with Gasteiger partial charge in [-0.2, -0.15) is 5.10 Å². The van der Waals surface area contributed by atoms with Crippen LogP contribution in [0.2, 0.25) is 25.7 Å². The molecule has 1 atom stereocenters. The van der Waals surface area contributed by atoms with Crippen LogP contribution in [-0.4, -0.2) is 47.5 Å². The Morgan fingerprint density at radius 3 is 2.48 bits per heavy atom. The third kappa shape index (κ3) is 9.00. The monoisotopic (exact) mass is 591 g/mol.